The molecule has 0 aliphatic heterocycles. The maximum absolute atomic E-state index is 13.1. The van der Waals surface area contributed by atoms with Crippen LogP contribution in [0.4, 0.5) is 11.5 Å². The molecular formula is C26H24N4O2. The van der Waals surface area contributed by atoms with Crippen LogP contribution in [-0.4, -0.2) is 26.2 Å². The molecule has 0 amide bonds. The van der Waals surface area contributed by atoms with E-state index < -0.39 is 0 Å². The van der Waals surface area contributed by atoms with Crippen LogP contribution >= 0.6 is 0 Å². The van der Waals surface area contributed by atoms with Crippen LogP contribution in [0.5, 0.6) is 0 Å². The van der Waals surface area contributed by atoms with Crippen LogP contribution in [0.3, 0.4) is 0 Å². The van der Waals surface area contributed by atoms with E-state index in [0.29, 0.717) is 34.8 Å². The summed E-state index contributed by atoms with van der Waals surface area (Å²) >= 11 is 0. The molecule has 0 radical (unpaired) electrons. The van der Waals surface area contributed by atoms with Gasteiger partial charge in [-0.05, 0) is 49.8 Å². The molecule has 1 fully saturated rings. The van der Waals surface area contributed by atoms with Gasteiger partial charge in [-0.25, -0.2) is 9.50 Å². The van der Waals surface area contributed by atoms with Crippen molar-refractivity contribution in [3.8, 4) is 0 Å². The zero-order valence-corrected chi connectivity index (χ0v) is 18.1. The molecule has 2 heterocycles. The number of aryl methyl sites for hydroxylation is 2. The van der Waals surface area contributed by atoms with Gasteiger partial charge in [0.05, 0.1) is 0 Å². The molecule has 1 saturated carbocycles. The topological polar surface area (TPSA) is 76.4 Å². The van der Waals surface area contributed by atoms with E-state index in [9.17, 15) is 9.59 Å². The SMILES string of the molecule is Cc1ccc(C(=O)CC2CC2)cc1Nc1ncnn2cc(C(=O)c3ccccc3)c(C)c12. The third kappa shape index (κ3) is 3.80. The number of nitrogens with one attached hydrogen (secondary N) is 1. The number of carbonyl (C=O) groups is 2. The van der Waals surface area contributed by atoms with E-state index in [1.165, 1.54) is 6.33 Å². The summed E-state index contributed by atoms with van der Waals surface area (Å²) in [4.78, 5) is 30.1. The summed E-state index contributed by atoms with van der Waals surface area (Å²) in [7, 11) is 0. The minimum Gasteiger partial charge on any atom is -0.338 e. The van der Waals surface area contributed by atoms with Gasteiger partial charge in [-0.2, -0.15) is 5.10 Å². The molecular weight excluding hydrogens is 400 g/mol. The molecule has 2 aromatic heterocycles. The molecule has 0 atom stereocenters. The normalized spacial score (nSPS) is 13.3. The molecule has 0 bridgehead atoms. The monoisotopic (exact) mass is 424 g/mol. The smallest absolute Gasteiger partial charge is 0.194 e. The molecule has 160 valence electrons. The molecule has 6 heteroatoms. The van der Waals surface area contributed by atoms with Gasteiger partial charge in [0.25, 0.3) is 0 Å². The number of Topliss-reactive ketones (excluding diaryl/α,β-unsaturated/α-hetero) is 1. The van der Waals surface area contributed by atoms with Crippen molar-refractivity contribution in [3.63, 3.8) is 0 Å². The van der Waals surface area contributed by atoms with Crippen molar-refractivity contribution in [2.24, 2.45) is 5.92 Å². The summed E-state index contributed by atoms with van der Waals surface area (Å²) in [5.41, 5.74) is 5.30. The molecule has 4 aromatic rings. The summed E-state index contributed by atoms with van der Waals surface area (Å²) in [6.07, 6.45) is 6.12. The highest BCUT2D eigenvalue weighted by Gasteiger charge is 2.25. The summed E-state index contributed by atoms with van der Waals surface area (Å²) in [6.45, 7) is 3.90. The molecule has 32 heavy (non-hydrogen) atoms. The molecule has 1 aliphatic rings. The van der Waals surface area contributed by atoms with Crippen molar-refractivity contribution in [3.05, 3.63) is 88.9 Å². The molecule has 6 nitrogen and oxygen atoms in total. The second kappa shape index (κ2) is 8.04. The Labute approximate surface area is 186 Å². The molecule has 5 rings (SSSR count). The summed E-state index contributed by atoms with van der Waals surface area (Å²) in [5, 5.41) is 7.68. The molecule has 1 N–H and O–H groups in total. The molecule has 0 spiro atoms. The van der Waals surface area contributed by atoms with Gasteiger partial charge in [0, 0.05) is 35.0 Å². The van der Waals surface area contributed by atoms with Crippen LogP contribution in [0.1, 0.15) is 56.7 Å². The van der Waals surface area contributed by atoms with E-state index in [0.717, 1.165) is 35.2 Å². The number of aromatic nitrogens is 3. The van der Waals surface area contributed by atoms with Gasteiger partial charge in [-0.15, -0.1) is 0 Å². The zero-order chi connectivity index (χ0) is 22.2. The minimum atomic E-state index is -0.0524. The van der Waals surface area contributed by atoms with Crippen LogP contribution in [0.15, 0.2) is 61.1 Å². The predicted molar refractivity (Wildman–Crippen MR) is 124 cm³/mol. The third-order valence-corrected chi connectivity index (χ3v) is 6.09. The van der Waals surface area contributed by atoms with Gasteiger partial charge in [-0.3, -0.25) is 9.59 Å². The number of anilines is 2. The van der Waals surface area contributed by atoms with Crippen molar-refractivity contribution in [2.45, 2.75) is 33.1 Å². The van der Waals surface area contributed by atoms with Crippen molar-refractivity contribution in [2.75, 3.05) is 5.32 Å². The highest BCUT2D eigenvalue weighted by atomic mass is 16.1. The summed E-state index contributed by atoms with van der Waals surface area (Å²) in [6, 6.07) is 14.9. The first-order valence-electron chi connectivity index (χ1n) is 10.8. The standard InChI is InChI=1S/C26H24N4O2/c1-16-8-11-20(23(31)12-18-9-10-18)13-22(16)29-26-24-17(2)21(14-30(24)28-15-27-26)25(32)19-6-4-3-5-7-19/h3-8,11,13-15,18H,9-10,12H2,1-2H3,(H,27,28,29). The molecule has 1 aliphatic carbocycles. The van der Waals surface area contributed by atoms with Crippen LogP contribution in [0.2, 0.25) is 0 Å². The molecule has 0 unspecified atom stereocenters. The number of carbonyl (C=O) groups excluding carboxylic acids is 2. The Kier molecular flexibility index (Phi) is 5.05. The maximum atomic E-state index is 13.1. The van der Waals surface area contributed by atoms with E-state index in [1.807, 2.05) is 62.4 Å². The van der Waals surface area contributed by atoms with E-state index in [2.05, 4.69) is 15.4 Å². The average Bonchev–Trinajstić information content (AvgIpc) is 3.56. The predicted octanol–water partition coefficient (Wildman–Crippen LogP) is 5.30. The van der Waals surface area contributed by atoms with E-state index in [-0.39, 0.29) is 11.6 Å². The number of nitrogens with zero attached hydrogens (tertiary/aromatic N) is 3. The van der Waals surface area contributed by atoms with Gasteiger partial charge < -0.3 is 5.32 Å². The molecule has 2 aromatic carbocycles. The quantitative estimate of drug-likeness (QED) is 0.407. The second-order valence-corrected chi connectivity index (χ2v) is 8.49. The fourth-order valence-electron chi connectivity index (χ4n) is 3.99. The number of ketones is 2. The van der Waals surface area contributed by atoms with Gasteiger partial charge in [0.1, 0.15) is 11.8 Å². The number of benzene rings is 2. The lowest BCUT2D eigenvalue weighted by atomic mass is 10.0. The number of fused-ring (bicyclic) bond motifs is 1. The fraction of sp³-hybridized carbons (Fsp3) is 0.231. The first kappa shape index (κ1) is 20.1. The Bertz CT molecular complexity index is 1340. The van der Waals surface area contributed by atoms with Crippen LogP contribution in [0, 0.1) is 19.8 Å². The second-order valence-electron chi connectivity index (χ2n) is 8.49. The Hall–Kier alpha value is -3.80. The van der Waals surface area contributed by atoms with Gasteiger partial charge in [0.2, 0.25) is 0 Å². The van der Waals surface area contributed by atoms with Crippen molar-refractivity contribution >= 4 is 28.6 Å². The highest BCUT2D eigenvalue weighted by Crippen LogP contribution is 2.34. The summed E-state index contributed by atoms with van der Waals surface area (Å²) < 4.78 is 1.68. The van der Waals surface area contributed by atoms with Crippen LogP contribution in [-0.2, 0) is 0 Å². The van der Waals surface area contributed by atoms with Crippen molar-refractivity contribution in [1.82, 2.24) is 14.6 Å². The lowest BCUT2D eigenvalue weighted by molar-refractivity contribution is 0.0975. The van der Waals surface area contributed by atoms with E-state index >= 15 is 0 Å². The van der Waals surface area contributed by atoms with Crippen molar-refractivity contribution < 1.29 is 9.59 Å². The lowest BCUT2D eigenvalue weighted by Crippen LogP contribution is -2.04. The first-order chi connectivity index (χ1) is 15.5. The Balaban J connectivity index is 1.51. The number of hydrogen-bond acceptors (Lipinski definition) is 5. The highest BCUT2D eigenvalue weighted by molar-refractivity contribution is 6.11. The average molecular weight is 425 g/mol. The van der Waals surface area contributed by atoms with E-state index in [1.54, 1.807) is 10.7 Å². The number of rotatable bonds is 7. The number of hydrogen-bond donors (Lipinski definition) is 1. The third-order valence-electron chi connectivity index (χ3n) is 6.09. The van der Waals surface area contributed by atoms with Gasteiger partial charge in [0.15, 0.2) is 17.4 Å². The first-order valence-corrected chi connectivity index (χ1v) is 10.8. The van der Waals surface area contributed by atoms with Crippen molar-refractivity contribution in [1.29, 1.82) is 0 Å². The van der Waals surface area contributed by atoms with E-state index in [4.69, 9.17) is 0 Å². The Morgan fingerprint density at radius 2 is 1.84 bits per heavy atom. The summed E-state index contributed by atoms with van der Waals surface area (Å²) in [5.74, 6) is 1.27. The molecule has 0 saturated heterocycles. The fourth-order valence-corrected chi connectivity index (χ4v) is 3.99. The van der Waals surface area contributed by atoms with Crippen LogP contribution in [0.25, 0.3) is 5.52 Å². The van der Waals surface area contributed by atoms with Gasteiger partial charge >= 0.3 is 0 Å². The van der Waals surface area contributed by atoms with Crippen LogP contribution < -0.4 is 5.32 Å². The Morgan fingerprint density at radius 1 is 1.06 bits per heavy atom. The minimum absolute atomic E-state index is 0.0524. The lowest BCUT2D eigenvalue weighted by Gasteiger charge is -2.12. The zero-order valence-electron chi connectivity index (χ0n) is 18.1. The van der Waals surface area contributed by atoms with Gasteiger partial charge in [-0.1, -0.05) is 42.5 Å². The maximum Gasteiger partial charge on any atom is 0.194 e. The largest absolute Gasteiger partial charge is 0.338 e. The Morgan fingerprint density at radius 3 is 2.59 bits per heavy atom.